The first-order chi connectivity index (χ1) is 16.0. The number of hydrogen-bond acceptors (Lipinski definition) is 5. The molecule has 3 aromatic carbocycles. The maximum atomic E-state index is 12.4. The largest absolute Gasteiger partial charge is 0.495 e. The van der Waals surface area contributed by atoms with E-state index in [0.29, 0.717) is 16.6 Å². The molecule has 0 aliphatic heterocycles. The van der Waals surface area contributed by atoms with Gasteiger partial charge in [-0.1, -0.05) is 48.2 Å². The lowest BCUT2D eigenvalue weighted by Gasteiger charge is -2.12. The van der Waals surface area contributed by atoms with Crippen LogP contribution in [0.1, 0.15) is 5.56 Å². The van der Waals surface area contributed by atoms with Crippen LogP contribution in [0.3, 0.4) is 0 Å². The topological polar surface area (TPSA) is 85.2 Å². The molecule has 33 heavy (non-hydrogen) atoms. The number of carbonyl (C=O) groups is 2. The van der Waals surface area contributed by atoms with Gasteiger partial charge in [-0.2, -0.15) is 0 Å². The van der Waals surface area contributed by atoms with E-state index in [1.54, 1.807) is 13.2 Å². The van der Waals surface area contributed by atoms with Crippen molar-refractivity contribution < 1.29 is 14.3 Å². The van der Waals surface area contributed by atoms with Gasteiger partial charge in [0, 0.05) is 5.69 Å². The van der Waals surface area contributed by atoms with Crippen LogP contribution < -0.4 is 15.4 Å². The van der Waals surface area contributed by atoms with Crippen LogP contribution >= 0.6 is 11.8 Å². The molecule has 0 unspecified atom stereocenters. The summed E-state index contributed by atoms with van der Waals surface area (Å²) in [7, 11) is 1.54. The van der Waals surface area contributed by atoms with E-state index in [4.69, 9.17) is 9.72 Å². The SMILES string of the molecule is COc1ccc(C)cc1NC(=O)CNC(=O)CSc1nc2ccccc2n1-c1ccccc1. The van der Waals surface area contributed by atoms with Gasteiger partial charge in [0.05, 0.1) is 36.1 Å². The smallest absolute Gasteiger partial charge is 0.243 e. The highest BCUT2D eigenvalue weighted by molar-refractivity contribution is 7.99. The lowest BCUT2D eigenvalue weighted by atomic mass is 10.2. The van der Waals surface area contributed by atoms with Gasteiger partial charge in [-0.3, -0.25) is 14.2 Å². The highest BCUT2D eigenvalue weighted by Gasteiger charge is 2.15. The van der Waals surface area contributed by atoms with E-state index < -0.39 is 0 Å². The third-order valence-corrected chi connectivity index (χ3v) is 5.89. The van der Waals surface area contributed by atoms with Gasteiger partial charge < -0.3 is 15.4 Å². The third kappa shape index (κ3) is 5.35. The fraction of sp³-hybridized carbons (Fsp3) is 0.160. The number of nitrogens with zero attached hydrogens (tertiary/aromatic N) is 2. The van der Waals surface area contributed by atoms with Gasteiger partial charge in [-0.15, -0.1) is 0 Å². The third-order valence-electron chi connectivity index (χ3n) is 4.95. The summed E-state index contributed by atoms with van der Waals surface area (Å²) in [5.41, 5.74) is 4.37. The minimum Gasteiger partial charge on any atom is -0.495 e. The molecule has 0 fully saturated rings. The summed E-state index contributed by atoms with van der Waals surface area (Å²) in [6.45, 7) is 1.79. The average molecular weight is 461 g/mol. The Kier molecular flexibility index (Phi) is 6.95. The highest BCUT2D eigenvalue weighted by Crippen LogP contribution is 2.28. The Balaban J connectivity index is 1.39. The first-order valence-corrected chi connectivity index (χ1v) is 11.4. The second kappa shape index (κ2) is 10.2. The molecule has 2 amide bonds. The molecule has 1 heterocycles. The maximum absolute atomic E-state index is 12.4. The lowest BCUT2D eigenvalue weighted by molar-refractivity contribution is -0.122. The number of thioether (sulfide) groups is 1. The number of rotatable bonds is 8. The van der Waals surface area contributed by atoms with Crippen molar-refractivity contribution in [3.8, 4) is 11.4 Å². The number of ether oxygens (including phenoxy) is 1. The number of methoxy groups -OCH3 is 1. The summed E-state index contributed by atoms with van der Waals surface area (Å²) in [4.78, 5) is 29.5. The second-order valence-corrected chi connectivity index (χ2v) is 8.31. The van der Waals surface area contributed by atoms with E-state index in [9.17, 15) is 9.59 Å². The zero-order valence-corrected chi connectivity index (χ0v) is 19.2. The molecule has 168 valence electrons. The number of fused-ring (bicyclic) bond motifs is 1. The highest BCUT2D eigenvalue weighted by atomic mass is 32.2. The molecule has 1 aromatic heterocycles. The van der Waals surface area contributed by atoms with Crippen molar-refractivity contribution in [1.82, 2.24) is 14.9 Å². The predicted octanol–water partition coefficient (Wildman–Crippen LogP) is 4.19. The van der Waals surface area contributed by atoms with Crippen molar-refractivity contribution in [3.05, 3.63) is 78.4 Å². The molecule has 4 aromatic rings. The number of amides is 2. The summed E-state index contributed by atoms with van der Waals surface area (Å²) >= 11 is 1.33. The van der Waals surface area contributed by atoms with Crippen LogP contribution in [0.4, 0.5) is 5.69 Å². The molecule has 4 rings (SSSR count). The molecule has 0 radical (unpaired) electrons. The maximum Gasteiger partial charge on any atom is 0.243 e. The average Bonchev–Trinajstić information content (AvgIpc) is 3.20. The molecule has 8 heteroatoms. The minimum atomic E-state index is -0.325. The molecule has 0 atom stereocenters. The number of para-hydroxylation sites is 3. The van der Waals surface area contributed by atoms with Gasteiger partial charge in [0.1, 0.15) is 5.75 Å². The van der Waals surface area contributed by atoms with Crippen LogP contribution in [-0.2, 0) is 9.59 Å². The molecule has 2 N–H and O–H groups in total. The number of anilines is 1. The fourth-order valence-corrected chi connectivity index (χ4v) is 4.26. The van der Waals surface area contributed by atoms with Crippen LogP contribution in [0, 0.1) is 6.92 Å². The number of aryl methyl sites for hydroxylation is 1. The number of hydrogen-bond donors (Lipinski definition) is 2. The number of carbonyl (C=O) groups excluding carboxylic acids is 2. The van der Waals surface area contributed by atoms with E-state index in [2.05, 4.69) is 10.6 Å². The number of nitrogens with one attached hydrogen (secondary N) is 2. The first-order valence-electron chi connectivity index (χ1n) is 10.4. The van der Waals surface area contributed by atoms with E-state index in [0.717, 1.165) is 22.3 Å². The van der Waals surface area contributed by atoms with Crippen LogP contribution in [0.25, 0.3) is 16.7 Å². The lowest BCUT2D eigenvalue weighted by Crippen LogP contribution is -2.34. The molecule has 0 spiro atoms. The van der Waals surface area contributed by atoms with Crippen molar-refractivity contribution in [2.45, 2.75) is 12.1 Å². The van der Waals surface area contributed by atoms with Gasteiger partial charge in [0.15, 0.2) is 5.16 Å². The molecule has 7 nitrogen and oxygen atoms in total. The Labute approximate surface area is 196 Å². The number of benzene rings is 3. The summed E-state index contributed by atoms with van der Waals surface area (Å²) in [5, 5.41) is 6.16. The van der Waals surface area contributed by atoms with Gasteiger partial charge in [0.25, 0.3) is 0 Å². The Bertz CT molecular complexity index is 1290. The minimum absolute atomic E-state index is 0.133. The van der Waals surface area contributed by atoms with Gasteiger partial charge >= 0.3 is 0 Å². The zero-order chi connectivity index (χ0) is 23.2. The second-order valence-electron chi connectivity index (χ2n) is 7.37. The number of imidazole rings is 1. The molecule has 0 aliphatic rings. The van der Waals surface area contributed by atoms with Gasteiger partial charge in [-0.05, 0) is 48.9 Å². The van der Waals surface area contributed by atoms with E-state index in [1.165, 1.54) is 11.8 Å². The number of aromatic nitrogens is 2. The Hall–Kier alpha value is -3.78. The molecule has 0 aliphatic carbocycles. The van der Waals surface area contributed by atoms with Crippen molar-refractivity contribution in [2.24, 2.45) is 0 Å². The first kappa shape index (κ1) is 22.4. The quantitative estimate of drug-likeness (QED) is 0.385. The standard InChI is InChI=1S/C25H24N4O3S/c1-17-12-13-22(32-2)20(14-17)27-23(30)15-26-24(31)16-33-25-28-19-10-6-7-11-21(19)29(25)18-8-4-3-5-9-18/h3-14H,15-16H2,1-2H3,(H,26,31)(H,27,30). The summed E-state index contributed by atoms with van der Waals surface area (Å²) < 4.78 is 7.30. The predicted molar refractivity (Wildman–Crippen MR) is 131 cm³/mol. The van der Waals surface area contributed by atoms with Crippen molar-refractivity contribution in [3.63, 3.8) is 0 Å². The van der Waals surface area contributed by atoms with E-state index in [-0.39, 0.29) is 24.1 Å². The molecule has 0 saturated carbocycles. The molecular weight excluding hydrogens is 436 g/mol. The summed E-state index contributed by atoms with van der Waals surface area (Å²) in [5.74, 6) is 0.124. The Morgan fingerprint density at radius 1 is 1.00 bits per heavy atom. The van der Waals surface area contributed by atoms with Gasteiger partial charge in [0.2, 0.25) is 11.8 Å². The monoisotopic (exact) mass is 460 g/mol. The van der Waals surface area contributed by atoms with Crippen LogP contribution in [0.5, 0.6) is 5.75 Å². The molecule has 0 saturated heterocycles. The fourth-order valence-electron chi connectivity index (χ4n) is 3.40. The van der Waals surface area contributed by atoms with Gasteiger partial charge in [-0.25, -0.2) is 4.98 Å². The van der Waals surface area contributed by atoms with E-state index >= 15 is 0 Å². The summed E-state index contributed by atoms with van der Waals surface area (Å²) in [6, 6.07) is 23.3. The summed E-state index contributed by atoms with van der Waals surface area (Å²) in [6.07, 6.45) is 0. The zero-order valence-electron chi connectivity index (χ0n) is 18.4. The van der Waals surface area contributed by atoms with Crippen LogP contribution in [0.15, 0.2) is 78.0 Å². The Morgan fingerprint density at radius 3 is 2.55 bits per heavy atom. The normalized spacial score (nSPS) is 10.7. The van der Waals surface area contributed by atoms with Crippen molar-refractivity contribution >= 4 is 40.3 Å². The Morgan fingerprint density at radius 2 is 1.76 bits per heavy atom. The van der Waals surface area contributed by atoms with Crippen molar-refractivity contribution in [1.29, 1.82) is 0 Å². The molecule has 0 bridgehead atoms. The van der Waals surface area contributed by atoms with Crippen LogP contribution in [0.2, 0.25) is 0 Å². The van der Waals surface area contributed by atoms with Crippen molar-refractivity contribution in [2.75, 3.05) is 24.7 Å². The van der Waals surface area contributed by atoms with E-state index in [1.807, 2.05) is 78.2 Å². The van der Waals surface area contributed by atoms with Crippen LogP contribution in [-0.4, -0.2) is 40.8 Å². The molecular formula is C25H24N4O3S.